The number of carbonyl (C=O) groups is 3. The summed E-state index contributed by atoms with van der Waals surface area (Å²) in [6.45, 7) is 3.04. The number of amidine groups is 1. The summed E-state index contributed by atoms with van der Waals surface area (Å²) in [4.78, 5) is 39.4. The summed E-state index contributed by atoms with van der Waals surface area (Å²) in [6, 6.07) is 12.2. The van der Waals surface area contributed by atoms with Crippen molar-refractivity contribution < 1.29 is 19.1 Å². The van der Waals surface area contributed by atoms with Gasteiger partial charge in [-0.3, -0.25) is 14.4 Å². The summed E-state index contributed by atoms with van der Waals surface area (Å²) in [6.07, 6.45) is 1.65. The number of hydrogen-bond donors (Lipinski definition) is 2. The fourth-order valence-corrected chi connectivity index (χ4v) is 3.52. The lowest BCUT2D eigenvalue weighted by Gasteiger charge is -2.09. The molecule has 0 saturated carbocycles. The lowest BCUT2D eigenvalue weighted by atomic mass is 10.2. The Kier molecular flexibility index (Phi) is 6.91. The van der Waals surface area contributed by atoms with E-state index in [2.05, 4.69) is 15.6 Å². The maximum absolute atomic E-state index is 12.1. The molecule has 0 radical (unpaired) electrons. The van der Waals surface area contributed by atoms with E-state index in [0.29, 0.717) is 26.9 Å². The Labute approximate surface area is 182 Å². The molecule has 0 spiro atoms. The highest BCUT2D eigenvalue weighted by atomic mass is 35.5. The van der Waals surface area contributed by atoms with Gasteiger partial charge >= 0.3 is 0 Å². The fraction of sp³-hybridized carbons (Fsp3) is 0.143. The minimum Gasteiger partial charge on any atom is -0.484 e. The van der Waals surface area contributed by atoms with Crippen molar-refractivity contribution >= 4 is 58.0 Å². The summed E-state index contributed by atoms with van der Waals surface area (Å²) >= 11 is 7.14. The van der Waals surface area contributed by atoms with Crippen molar-refractivity contribution in [2.45, 2.75) is 13.8 Å². The molecule has 2 N–H and O–H groups in total. The zero-order valence-corrected chi connectivity index (χ0v) is 17.8. The molecule has 0 aliphatic carbocycles. The largest absolute Gasteiger partial charge is 0.484 e. The molecule has 0 saturated heterocycles. The highest BCUT2D eigenvalue weighted by Crippen LogP contribution is 2.28. The van der Waals surface area contributed by atoms with Crippen LogP contribution >= 0.6 is 23.4 Å². The Hall–Kier alpha value is -3.10. The van der Waals surface area contributed by atoms with Crippen LogP contribution < -0.4 is 15.4 Å². The lowest BCUT2D eigenvalue weighted by molar-refractivity contribution is -0.118. The Balaban J connectivity index is 1.59. The number of anilines is 1. The molecule has 154 valence electrons. The molecule has 1 heterocycles. The van der Waals surface area contributed by atoms with Gasteiger partial charge in [-0.2, -0.15) is 4.99 Å². The summed E-state index contributed by atoms with van der Waals surface area (Å²) in [5, 5.41) is 6.03. The Bertz CT molecular complexity index is 1080. The number of rotatable bonds is 5. The quantitative estimate of drug-likeness (QED) is 0.685. The summed E-state index contributed by atoms with van der Waals surface area (Å²) in [5.74, 6) is -0.573. The minimum atomic E-state index is -0.425. The van der Waals surface area contributed by atoms with Crippen LogP contribution in [0.25, 0.3) is 6.08 Å². The molecule has 3 amide bonds. The van der Waals surface area contributed by atoms with Crippen molar-refractivity contribution in [3.8, 4) is 5.75 Å². The van der Waals surface area contributed by atoms with E-state index in [4.69, 9.17) is 16.3 Å². The van der Waals surface area contributed by atoms with Crippen LogP contribution in [-0.4, -0.2) is 29.5 Å². The maximum atomic E-state index is 12.1. The van der Waals surface area contributed by atoms with Gasteiger partial charge in [0.2, 0.25) is 5.91 Å². The molecule has 2 aromatic carbocycles. The highest BCUT2D eigenvalue weighted by Gasteiger charge is 2.22. The van der Waals surface area contributed by atoms with E-state index < -0.39 is 5.91 Å². The highest BCUT2D eigenvalue weighted by molar-refractivity contribution is 8.18. The van der Waals surface area contributed by atoms with Crippen LogP contribution in [0.2, 0.25) is 5.02 Å². The van der Waals surface area contributed by atoms with E-state index in [1.165, 1.54) is 6.92 Å². The zero-order valence-electron chi connectivity index (χ0n) is 16.2. The Morgan fingerprint density at radius 2 is 2.00 bits per heavy atom. The first-order chi connectivity index (χ1) is 14.3. The third-order valence-electron chi connectivity index (χ3n) is 3.88. The van der Waals surface area contributed by atoms with Crippen LogP contribution in [0.3, 0.4) is 0 Å². The van der Waals surface area contributed by atoms with E-state index in [0.717, 1.165) is 17.3 Å². The minimum absolute atomic E-state index is 0.186. The van der Waals surface area contributed by atoms with Crippen LogP contribution in [-0.2, 0) is 14.4 Å². The molecule has 30 heavy (non-hydrogen) atoms. The molecular weight excluding hydrogens is 426 g/mol. The van der Waals surface area contributed by atoms with Crippen LogP contribution in [0.1, 0.15) is 18.1 Å². The van der Waals surface area contributed by atoms with E-state index in [9.17, 15) is 14.4 Å². The standard InChI is InChI=1S/C21H18ClN3O4S/c1-12-6-7-15(10-17(12)22)24-19(27)11-29-16-5-3-4-14(8-16)9-18-20(28)25-21(30-18)23-13(2)26/h3-10H,11H2,1-2H3,(H,24,27)(H,23,25,26,28)/b18-9-. The molecule has 9 heteroatoms. The second-order valence-electron chi connectivity index (χ2n) is 6.39. The SMILES string of the molecule is CC(=O)NC1=NC(=O)/C(=C/c2cccc(OCC(=O)Nc3ccc(C)c(Cl)c3)c2)S1. The van der Waals surface area contributed by atoms with Crippen LogP contribution in [0, 0.1) is 6.92 Å². The Morgan fingerprint density at radius 3 is 2.73 bits per heavy atom. The second-order valence-corrected chi connectivity index (χ2v) is 7.83. The topological polar surface area (TPSA) is 96.9 Å². The number of halogens is 1. The number of thioether (sulfide) groups is 1. The van der Waals surface area contributed by atoms with Crippen LogP contribution in [0.4, 0.5) is 5.69 Å². The molecular formula is C21H18ClN3O4S. The fourth-order valence-electron chi connectivity index (χ4n) is 2.48. The van der Waals surface area contributed by atoms with Gasteiger partial charge in [0.15, 0.2) is 11.8 Å². The molecule has 1 aliphatic rings. The van der Waals surface area contributed by atoms with Crippen molar-refractivity contribution in [2.24, 2.45) is 4.99 Å². The van der Waals surface area contributed by atoms with Gasteiger partial charge in [-0.1, -0.05) is 29.8 Å². The smallest absolute Gasteiger partial charge is 0.286 e. The van der Waals surface area contributed by atoms with E-state index >= 15 is 0 Å². The van der Waals surface area contributed by atoms with Crippen molar-refractivity contribution in [3.05, 3.63) is 63.5 Å². The predicted molar refractivity (Wildman–Crippen MR) is 119 cm³/mol. The molecule has 1 aliphatic heterocycles. The van der Waals surface area contributed by atoms with Gasteiger partial charge in [0.05, 0.1) is 4.91 Å². The number of nitrogens with one attached hydrogen (secondary N) is 2. The number of ether oxygens (including phenoxy) is 1. The lowest BCUT2D eigenvalue weighted by Crippen LogP contribution is -2.23. The molecule has 7 nitrogen and oxygen atoms in total. The van der Waals surface area contributed by atoms with Gasteiger partial charge in [0.1, 0.15) is 5.75 Å². The number of hydrogen-bond acceptors (Lipinski definition) is 5. The van der Waals surface area contributed by atoms with Gasteiger partial charge in [0.25, 0.3) is 11.8 Å². The van der Waals surface area contributed by atoms with E-state index in [1.807, 2.05) is 13.0 Å². The van der Waals surface area contributed by atoms with Crippen molar-refractivity contribution in [3.63, 3.8) is 0 Å². The van der Waals surface area contributed by atoms with E-state index in [1.54, 1.807) is 42.5 Å². The van der Waals surface area contributed by atoms with Gasteiger partial charge in [-0.05, 0) is 60.2 Å². The number of benzene rings is 2. The van der Waals surface area contributed by atoms with Gasteiger partial charge in [-0.15, -0.1) is 0 Å². The maximum Gasteiger partial charge on any atom is 0.286 e. The van der Waals surface area contributed by atoms with Gasteiger partial charge < -0.3 is 15.4 Å². The first-order valence-corrected chi connectivity index (χ1v) is 10.1. The molecule has 3 rings (SSSR count). The van der Waals surface area contributed by atoms with E-state index in [-0.39, 0.29) is 23.6 Å². The molecule has 0 fully saturated rings. The first kappa shape index (κ1) is 21.6. The van der Waals surface area contributed by atoms with Crippen molar-refractivity contribution in [1.82, 2.24) is 5.32 Å². The second kappa shape index (κ2) is 9.60. The number of carbonyl (C=O) groups excluding carboxylic acids is 3. The zero-order chi connectivity index (χ0) is 21.7. The van der Waals surface area contributed by atoms with Gasteiger partial charge in [-0.25, -0.2) is 0 Å². The third-order valence-corrected chi connectivity index (χ3v) is 5.19. The average molecular weight is 444 g/mol. The number of aliphatic imine (C=N–C) groups is 1. The molecule has 0 unspecified atom stereocenters. The summed E-state index contributed by atoms with van der Waals surface area (Å²) in [5.41, 5.74) is 2.21. The number of amides is 3. The van der Waals surface area contributed by atoms with Crippen LogP contribution in [0.15, 0.2) is 52.4 Å². The predicted octanol–water partition coefficient (Wildman–Crippen LogP) is 3.77. The number of aryl methyl sites for hydroxylation is 1. The van der Waals surface area contributed by atoms with Crippen LogP contribution in [0.5, 0.6) is 5.75 Å². The molecule has 0 bridgehead atoms. The average Bonchev–Trinajstić information content (AvgIpc) is 3.01. The first-order valence-electron chi connectivity index (χ1n) is 8.89. The van der Waals surface area contributed by atoms with Crippen molar-refractivity contribution in [2.75, 3.05) is 11.9 Å². The third kappa shape index (κ3) is 5.95. The summed E-state index contributed by atoms with van der Waals surface area (Å²) < 4.78 is 5.55. The van der Waals surface area contributed by atoms with Gasteiger partial charge in [0, 0.05) is 17.6 Å². The molecule has 2 aromatic rings. The monoisotopic (exact) mass is 443 g/mol. The molecule has 0 aromatic heterocycles. The molecule has 0 atom stereocenters. The Morgan fingerprint density at radius 1 is 1.20 bits per heavy atom. The summed E-state index contributed by atoms with van der Waals surface area (Å²) in [7, 11) is 0. The number of nitrogens with zero attached hydrogens (tertiary/aromatic N) is 1. The van der Waals surface area contributed by atoms with Crippen molar-refractivity contribution in [1.29, 1.82) is 0 Å². The normalized spacial score (nSPS) is 14.4.